The molecule has 0 heterocycles. The van der Waals surface area contributed by atoms with Crippen molar-refractivity contribution in [3.63, 3.8) is 0 Å². The average molecular weight is 359 g/mol. The number of hydrogen-bond donors (Lipinski definition) is 3. The molecule has 0 saturated heterocycles. The van der Waals surface area contributed by atoms with Crippen molar-refractivity contribution in [1.82, 2.24) is 5.32 Å². The van der Waals surface area contributed by atoms with Crippen LogP contribution in [0, 0.1) is 6.92 Å². The molecular formula is C22H21N3O2. The number of fused-ring (bicyclic) bond motifs is 1. The lowest BCUT2D eigenvalue weighted by atomic mass is 9.96. The van der Waals surface area contributed by atoms with Crippen molar-refractivity contribution in [3.05, 3.63) is 77.4 Å². The van der Waals surface area contributed by atoms with Gasteiger partial charge in [0.25, 0.3) is 5.91 Å². The molecule has 4 rings (SSSR count). The zero-order valence-corrected chi connectivity index (χ0v) is 15.1. The number of primary amides is 1. The monoisotopic (exact) mass is 359 g/mol. The van der Waals surface area contributed by atoms with Gasteiger partial charge in [0.05, 0.1) is 5.54 Å². The summed E-state index contributed by atoms with van der Waals surface area (Å²) in [6.45, 7) is 1.88. The minimum atomic E-state index is -0.653. The lowest BCUT2D eigenvalue weighted by Gasteiger charge is -2.21. The number of benzene rings is 3. The molecule has 0 spiro atoms. The number of carbonyl (C=O) groups is 2. The Morgan fingerprint density at radius 1 is 1.00 bits per heavy atom. The van der Waals surface area contributed by atoms with Crippen molar-refractivity contribution in [1.29, 1.82) is 0 Å². The van der Waals surface area contributed by atoms with Crippen molar-refractivity contribution in [3.8, 4) is 0 Å². The van der Waals surface area contributed by atoms with Crippen LogP contribution in [0.25, 0.3) is 10.8 Å². The van der Waals surface area contributed by atoms with Gasteiger partial charge in [-0.3, -0.25) is 4.79 Å². The number of hydrogen-bond acceptors (Lipinski definition) is 2. The van der Waals surface area contributed by atoms with Crippen molar-refractivity contribution in [2.24, 2.45) is 5.73 Å². The molecular weight excluding hydrogens is 338 g/mol. The molecule has 4 N–H and O–H groups in total. The number of aryl methyl sites for hydroxylation is 1. The van der Waals surface area contributed by atoms with Crippen LogP contribution in [0.2, 0.25) is 0 Å². The van der Waals surface area contributed by atoms with Crippen LogP contribution in [0.3, 0.4) is 0 Å². The van der Waals surface area contributed by atoms with Gasteiger partial charge in [-0.2, -0.15) is 0 Å². The van der Waals surface area contributed by atoms with Gasteiger partial charge in [0, 0.05) is 11.3 Å². The van der Waals surface area contributed by atoms with E-state index in [0.717, 1.165) is 24.0 Å². The lowest BCUT2D eigenvalue weighted by Crippen LogP contribution is -2.35. The van der Waals surface area contributed by atoms with Gasteiger partial charge < -0.3 is 16.4 Å². The summed E-state index contributed by atoms with van der Waals surface area (Å²) >= 11 is 0. The molecule has 3 amide bonds. The molecule has 3 aromatic carbocycles. The predicted molar refractivity (Wildman–Crippen MR) is 107 cm³/mol. The van der Waals surface area contributed by atoms with Gasteiger partial charge in [0.15, 0.2) is 0 Å². The lowest BCUT2D eigenvalue weighted by molar-refractivity contribution is 0.0930. The molecule has 0 aliphatic heterocycles. The normalized spacial score (nSPS) is 14.6. The highest BCUT2D eigenvalue weighted by atomic mass is 16.2. The van der Waals surface area contributed by atoms with Crippen LogP contribution in [-0.2, 0) is 5.54 Å². The molecule has 0 aromatic heterocycles. The second-order valence-electron chi connectivity index (χ2n) is 7.08. The molecule has 0 radical (unpaired) electrons. The van der Waals surface area contributed by atoms with Crippen LogP contribution in [-0.4, -0.2) is 11.9 Å². The second-order valence-corrected chi connectivity index (χ2v) is 7.08. The summed E-state index contributed by atoms with van der Waals surface area (Å²) in [5.74, 6) is -0.147. The summed E-state index contributed by atoms with van der Waals surface area (Å²) in [6.07, 6.45) is 1.82. The zero-order chi connectivity index (χ0) is 19.0. The number of anilines is 1. The van der Waals surface area contributed by atoms with E-state index < -0.39 is 6.03 Å². The number of rotatable bonds is 4. The summed E-state index contributed by atoms with van der Waals surface area (Å²) in [5, 5.41) is 8.08. The minimum Gasteiger partial charge on any atom is -0.351 e. The highest BCUT2D eigenvalue weighted by Gasteiger charge is 2.46. The first-order valence-corrected chi connectivity index (χ1v) is 8.96. The Kier molecular flexibility index (Phi) is 4.07. The summed E-state index contributed by atoms with van der Waals surface area (Å²) in [5.41, 5.74) is 7.88. The first-order chi connectivity index (χ1) is 13.0. The maximum Gasteiger partial charge on any atom is 0.316 e. The fourth-order valence-corrected chi connectivity index (χ4v) is 3.60. The second kappa shape index (κ2) is 6.43. The Morgan fingerprint density at radius 2 is 1.74 bits per heavy atom. The molecule has 1 saturated carbocycles. The van der Waals surface area contributed by atoms with E-state index in [0.29, 0.717) is 11.3 Å². The SMILES string of the molecule is Cc1ccc(NC(N)=O)cc1C(=O)NC1(c2cccc3ccccc23)CC1. The average Bonchev–Trinajstić information content (AvgIpc) is 3.42. The highest BCUT2D eigenvalue weighted by molar-refractivity contribution is 5.99. The van der Waals surface area contributed by atoms with Gasteiger partial charge in [-0.25, -0.2) is 4.79 Å². The third kappa shape index (κ3) is 3.24. The Labute approximate surface area is 157 Å². The van der Waals surface area contributed by atoms with Gasteiger partial charge in [-0.1, -0.05) is 48.5 Å². The number of amides is 3. The van der Waals surface area contributed by atoms with Crippen LogP contribution < -0.4 is 16.4 Å². The number of nitrogens with two attached hydrogens (primary N) is 1. The van der Waals surface area contributed by atoms with Crippen LogP contribution in [0.4, 0.5) is 10.5 Å². The Hall–Kier alpha value is -3.34. The quantitative estimate of drug-likeness (QED) is 0.656. The Balaban J connectivity index is 1.66. The maximum absolute atomic E-state index is 13.0. The first-order valence-electron chi connectivity index (χ1n) is 8.96. The standard InChI is InChI=1S/C22H21N3O2/c1-14-9-10-16(24-21(23)27)13-18(14)20(26)25-22(11-12-22)19-8-4-6-15-5-2-3-7-17(15)19/h2-10,13H,11-12H2,1H3,(H,25,26)(H3,23,24,27). The van der Waals surface area contributed by atoms with Gasteiger partial charge in [-0.05, 0) is 53.8 Å². The molecule has 0 unspecified atom stereocenters. The predicted octanol–water partition coefficient (Wildman–Crippen LogP) is 4.06. The van der Waals surface area contributed by atoms with Crippen molar-refractivity contribution in [2.75, 3.05) is 5.32 Å². The minimum absolute atomic E-state index is 0.147. The van der Waals surface area contributed by atoms with Gasteiger partial charge in [0.2, 0.25) is 0 Å². The smallest absolute Gasteiger partial charge is 0.316 e. The molecule has 3 aromatic rings. The molecule has 5 heteroatoms. The molecule has 1 aliphatic carbocycles. The van der Waals surface area contributed by atoms with E-state index in [9.17, 15) is 9.59 Å². The summed E-state index contributed by atoms with van der Waals surface area (Å²) in [4.78, 5) is 24.1. The molecule has 0 atom stereocenters. The van der Waals surface area contributed by atoms with Crippen molar-refractivity contribution >= 4 is 28.4 Å². The van der Waals surface area contributed by atoms with Gasteiger partial charge in [0.1, 0.15) is 0 Å². The summed E-state index contributed by atoms with van der Waals surface area (Å²) in [6, 6.07) is 19.0. The molecule has 136 valence electrons. The van der Waals surface area contributed by atoms with E-state index in [2.05, 4.69) is 34.9 Å². The van der Waals surface area contributed by atoms with Crippen LogP contribution in [0.15, 0.2) is 60.7 Å². The Morgan fingerprint density at radius 3 is 2.48 bits per heavy atom. The largest absolute Gasteiger partial charge is 0.351 e. The Bertz CT molecular complexity index is 1050. The van der Waals surface area contributed by atoms with Crippen LogP contribution >= 0.6 is 0 Å². The summed E-state index contributed by atoms with van der Waals surface area (Å²) in [7, 11) is 0. The molecule has 27 heavy (non-hydrogen) atoms. The van der Waals surface area contributed by atoms with Gasteiger partial charge >= 0.3 is 6.03 Å². The molecule has 5 nitrogen and oxygen atoms in total. The van der Waals surface area contributed by atoms with E-state index in [1.807, 2.05) is 25.1 Å². The fraction of sp³-hybridized carbons (Fsp3) is 0.182. The third-order valence-electron chi connectivity index (χ3n) is 5.16. The number of urea groups is 1. The number of carbonyl (C=O) groups excluding carboxylic acids is 2. The van der Waals surface area contributed by atoms with E-state index in [1.165, 1.54) is 10.8 Å². The first kappa shape index (κ1) is 17.1. The number of nitrogens with one attached hydrogen (secondary N) is 2. The van der Waals surface area contributed by atoms with Crippen molar-refractivity contribution in [2.45, 2.75) is 25.3 Å². The van der Waals surface area contributed by atoms with Crippen LogP contribution in [0.5, 0.6) is 0 Å². The van der Waals surface area contributed by atoms with E-state index in [4.69, 9.17) is 5.73 Å². The fourth-order valence-electron chi connectivity index (χ4n) is 3.60. The third-order valence-corrected chi connectivity index (χ3v) is 5.16. The molecule has 1 fully saturated rings. The highest BCUT2D eigenvalue weighted by Crippen LogP contribution is 2.48. The van der Waals surface area contributed by atoms with Crippen molar-refractivity contribution < 1.29 is 9.59 Å². The van der Waals surface area contributed by atoms with E-state index >= 15 is 0 Å². The van der Waals surface area contributed by atoms with E-state index in [1.54, 1.807) is 18.2 Å². The summed E-state index contributed by atoms with van der Waals surface area (Å²) < 4.78 is 0. The topological polar surface area (TPSA) is 84.2 Å². The molecule has 1 aliphatic rings. The maximum atomic E-state index is 13.0. The van der Waals surface area contributed by atoms with E-state index in [-0.39, 0.29) is 11.4 Å². The van der Waals surface area contributed by atoms with Gasteiger partial charge in [-0.15, -0.1) is 0 Å². The van der Waals surface area contributed by atoms with Crippen LogP contribution in [0.1, 0.15) is 34.3 Å². The molecule has 0 bridgehead atoms. The zero-order valence-electron chi connectivity index (χ0n) is 15.1.